The van der Waals surface area contributed by atoms with Crippen LogP contribution in [0.2, 0.25) is 0 Å². The summed E-state index contributed by atoms with van der Waals surface area (Å²) in [4.78, 5) is 16.3. The summed E-state index contributed by atoms with van der Waals surface area (Å²) in [6.07, 6.45) is 5.51. The number of aromatic nitrogens is 3. The van der Waals surface area contributed by atoms with Crippen molar-refractivity contribution in [1.82, 2.24) is 14.1 Å². The molecule has 0 atom stereocenters. The summed E-state index contributed by atoms with van der Waals surface area (Å²) in [5, 5.41) is 0. The average molecular weight is 240 g/mol. The number of hydrogen-bond acceptors (Lipinski definition) is 3. The Balaban J connectivity index is 1.91. The van der Waals surface area contributed by atoms with Gasteiger partial charge in [-0.25, -0.2) is 4.98 Å². The van der Waals surface area contributed by atoms with Crippen LogP contribution in [-0.2, 0) is 6.54 Å². The van der Waals surface area contributed by atoms with Gasteiger partial charge in [-0.3, -0.25) is 13.9 Å². The van der Waals surface area contributed by atoms with E-state index in [1.807, 2.05) is 47.4 Å². The van der Waals surface area contributed by atoms with Gasteiger partial charge in [0.25, 0.3) is 5.56 Å². The Morgan fingerprint density at radius 1 is 1.11 bits per heavy atom. The van der Waals surface area contributed by atoms with Gasteiger partial charge < -0.3 is 5.43 Å². The van der Waals surface area contributed by atoms with Crippen molar-refractivity contribution in [2.75, 3.05) is 5.43 Å². The van der Waals surface area contributed by atoms with Crippen molar-refractivity contribution in [3.63, 3.8) is 0 Å². The van der Waals surface area contributed by atoms with E-state index in [1.165, 1.54) is 4.40 Å². The topological polar surface area (TPSA) is 51.3 Å². The Morgan fingerprint density at radius 3 is 2.72 bits per heavy atom. The predicted molar refractivity (Wildman–Crippen MR) is 69.0 cm³/mol. The monoisotopic (exact) mass is 240 g/mol. The molecule has 0 aliphatic rings. The second-order valence-corrected chi connectivity index (χ2v) is 3.94. The number of fused-ring (bicyclic) bond motifs is 1. The van der Waals surface area contributed by atoms with Crippen LogP contribution in [-0.4, -0.2) is 14.1 Å². The fraction of sp³-hybridized carbons (Fsp3) is 0.0769. The number of rotatable bonds is 3. The summed E-state index contributed by atoms with van der Waals surface area (Å²) in [5.41, 5.74) is 4.46. The molecule has 18 heavy (non-hydrogen) atoms. The molecule has 0 fully saturated rings. The smallest absolute Gasteiger partial charge is 0.258 e. The van der Waals surface area contributed by atoms with Crippen LogP contribution >= 0.6 is 0 Å². The lowest BCUT2D eigenvalue weighted by Gasteiger charge is -2.07. The third-order valence-corrected chi connectivity index (χ3v) is 2.67. The minimum absolute atomic E-state index is 0.0649. The molecule has 3 rings (SSSR count). The first kappa shape index (κ1) is 10.6. The van der Waals surface area contributed by atoms with Crippen LogP contribution in [0.5, 0.6) is 0 Å². The minimum atomic E-state index is -0.0649. The number of hydrogen-bond donors (Lipinski definition) is 1. The molecule has 90 valence electrons. The first-order valence-corrected chi connectivity index (χ1v) is 5.67. The van der Waals surface area contributed by atoms with Crippen molar-refractivity contribution in [2.24, 2.45) is 0 Å². The van der Waals surface area contributed by atoms with Gasteiger partial charge >= 0.3 is 0 Å². The third-order valence-electron chi connectivity index (χ3n) is 2.67. The lowest BCUT2D eigenvalue weighted by molar-refractivity contribution is 0.823. The highest BCUT2D eigenvalue weighted by molar-refractivity contribution is 5.38. The van der Waals surface area contributed by atoms with Crippen LogP contribution in [0, 0.1) is 0 Å². The van der Waals surface area contributed by atoms with Gasteiger partial charge in [0.05, 0.1) is 12.2 Å². The van der Waals surface area contributed by atoms with Crippen molar-refractivity contribution in [2.45, 2.75) is 6.54 Å². The van der Waals surface area contributed by atoms with E-state index in [1.54, 1.807) is 12.3 Å². The molecule has 0 radical (unpaired) electrons. The molecule has 5 nitrogen and oxygen atoms in total. The molecule has 0 saturated carbocycles. The molecule has 3 aromatic rings. The zero-order valence-electron chi connectivity index (χ0n) is 9.65. The molecular weight excluding hydrogens is 228 g/mol. The number of nitrogens with zero attached hydrogens (tertiary/aromatic N) is 3. The van der Waals surface area contributed by atoms with E-state index in [0.717, 1.165) is 5.69 Å². The molecule has 0 aliphatic heterocycles. The van der Waals surface area contributed by atoms with Crippen LogP contribution in [0.4, 0.5) is 0 Å². The van der Waals surface area contributed by atoms with Crippen molar-refractivity contribution in [1.29, 1.82) is 0 Å². The summed E-state index contributed by atoms with van der Waals surface area (Å²) in [6.45, 7) is 0.509. The molecule has 1 N–H and O–H groups in total. The molecule has 3 aromatic heterocycles. The van der Waals surface area contributed by atoms with Crippen molar-refractivity contribution < 1.29 is 0 Å². The predicted octanol–water partition coefficient (Wildman–Crippen LogP) is 1.24. The summed E-state index contributed by atoms with van der Waals surface area (Å²) in [5.74, 6) is 0. The van der Waals surface area contributed by atoms with Gasteiger partial charge in [0.2, 0.25) is 0 Å². The van der Waals surface area contributed by atoms with Gasteiger partial charge in [0.1, 0.15) is 5.65 Å². The first-order chi connectivity index (χ1) is 8.83. The van der Waals surface area contributed by atoms with Crippen LogP contribution in [0.3, 0.4) is 0 Å². The van der Waals surface area contributed by atoms with E-state index in [0.29, 0.717) is 12.2 Å². The Bertz CT molecular complexity index is 715. The van der Waals surface area contributed by atoms with Gasteiger partial charge in [-0.1, -0.05) is 6.07 Å². The minimum Gasteiger partial charge on any atom is -0.320 e. The van der Waals surface area contributed by atoms with Crippen molar-refractivity contribution in [3.8, 4) is 0 Å². The maximum atomic E-state index is 11.8. The maximum Gasteiger partial charge on any atom is 0.258 e. The lowest BCUT2D eigenvalue weighted by Crippen LogP contribution is -2.19. The van der Waals surface area contributed by atoms with E-state index in [9.17, 15) is 4.79 Å². The van der Waals surface area contributed by atoms with E-state index in [4.69, 9.17) is 0 Å². The molecule has 3 heterocycles. The Labute approximate surface area is 103 Å². The van der Waals surface area contributed by atoms with Crippen LogP contribution < -0.4 is 11.0 Å². The van der Waals surface area contributed by atoms with Gasteiger partial charge in [-0.15, -0.1) is 0 Å². The summed E-state index contributed by atoms with van der Waals surface area (Å²) < 4.78 is 3.35. The summed E-state index contributed by atoms with van der Waals surface area (Å²) in [6, 6.07) is 10.9. The standard InChI is InChI=1S/C13H12N4O/c18-13-9-11(10-14-16-6-3-4-7-16)15-12-5-1-2-8-17(12)13/h1-9,14H,10H2. The van der Waals surface area contributed by atoms with Crippen molar-refractivity contribution >= 4 is 5.65 Å². The number of pyridine rings is 1. The maximum absolute atomic E-state index is 11.8. The van der Waals surface area contributed by atoms with E-state index in [-0.39, 0.29) is 5.56 Å². The van der Waals surface area contributed by atoms with E-state index in [2.05, 4.69) is 10.4 Å². The highest BCUT2D eigenvalue weighted by Crippen LogP contribution is 1.99. The SMILES string of the molecule is O=c1cc(CNn2cccc2)nc2ccccn12. The quantitative estimate of drug-likeness (QED) is 0.749. The molecule has 0 saturated heterocycles. The Hall–Kier alpha value is -2.56. The van der Waals surface area contributed by atoms with Crippen molar-refractivity contribution in [3.05, 3.63) is 71.0 Å². The molecule has 5 heteroatoms. The molecule has 0 unspecified atom stereocenters. The molecule has 0 aromatic carbocycles. The highest BCUT2D eigenvalue weighted by Gasteiger charge is 2.01. The second kappa shape index (κ2) is 4.37. The zero-order chi connectivity index (χ0) is 12.4. The van der Waals surface area contributed by atoms with Crippen LogP contribution in [0.1, 0.15) is 5.69 Å². The molecule has 0 bridgehead atoms. The van der Waals surface area contributed by atoms with Gasteiger partial charge in [-0.2, -0.15) is 0 Å². The second-order valence-electron chi connectivity index (χ2n) is 3.94. The Morgan fingerprint density at radius 2 is 1.89 bits per heavy atom. The van der Waals surface area contributed by atoms with Crippen LogP contribution in [0.25, 0.3) is 5.65 Å². The summed E-state index contributed by atoms with van der Waals surface area (Å²) >= 11 is 0. The molecular formula is C13H12N4O. The number of nitrogens with one attached hydrogen (secondary N) is 1. The lowest BCUT2D eigenvalue weighted by atomic mass is 10.4. The van der Waals surface area contributed by atoms with Crippen LogP contribution in [0.15, 0.2) is 59.8 Å². The van der Waals surface area contributed by atoms with Gasteiger partial charge in [0.15, 0.2) is 0 Å². The molecule has 0 aliphatic carbocycles. The Kier molecular flexibility index (Phi) is 2.57. The van der Waals surface area contributed by atoms with E-state index >= 15 is 0 Å². The van der Waals surface area contributed by atoms with Gasteiger partial charge in [-0.05, 0) is 24.3 Å². The molecule has 0 amide bonds. The average Bonchev–Trinajstić information content (AvgIpc) is 2.90. The largest absolute Gasteiger partial charge is 0.320 e. The fourth-order valence-electron chi connectivity index (χ4n) is 1.81. The summed E-state index contributed by atoms with van der Waals surface area (Å²) in [7, 11) is 0. The third kappa shape index (κ3) is 1.98. The normalized spacial score (nSPS) is 10.7. The zero-order valence-corrected chi connectivity index (χ0v) is 9.65. The first-order valence-electron chi connectivity index (χ1n) is 5.67. The fourth-order valence-corrected chi connectivity index (χ4v) is 1.81. The van der Waals surface area contributed by atoms with Gasteiger partial charge in [0, 0.05) is 24.7 Å². The van der Waals surface area contributed by atoms with E-state index < -0.39 is 0 Å². The molecule has 0 spiro atoms. The highest BCUT2D eigenvalue weighted by atomic mass is 16.1.